The van der Waals surface area contributed by atoms with Crippen molar-refractivity contribution in [2.45, 2.75) is 5.03 Å². The van der Waals surface area contributed by atoms with Gasteiger partial charge in [-0.2, -0.15) is 4.98 Å². The smallest absolute Gasteiger partial charge is 0.351 e. The van der Waals surface area contributed by atoms with Crippen molar-refractivity contribution in [1.29, 1.82) is 0 Å². The fourth-order valence-electron chi connectivity index (χ4n) is 1.09. The third kappa shape index (κ3) is 1.71. The maximum Gasteiger partial charge on any atom is 0.351 e. The van der Waals surface area contributed by atoms with Crippen LogP contribution in [0.15, 0.2) is 10.0 Å². The van der Waals surface area contributed by atoms with Crippen LogP contribution in [0.5, 0.6) is 0 Å². The highest BCUT2D eigenvalue weighted by atomic mass is 32.2. The maximum absolute atomic E-state index is 10.7. The number of aliphatic imine (C=N–C) groups is 1. The Morgan fingerprint density at radius 2 is 2.13 bits per heavy atom. The number of nitrogen functional groups attached to an aromatic ring is 2. The number of nitrogens with two attached hydrogens (primary N) is 2. The summed E-state index contributed by atoms with van der Waals surface area (Å²) < 4.78 is 0. The largest absolute Gasteiger partial charge is 0.477 e. The van der Waals surface area contributed by atoms with Crippen LogP contribution in [0.25, 0.3) is 0 Å². The first kappa shape index (κ1) is 9.71. The first-order valence-electron chi connectivity index (χ1n) is 3.94. The highest BCUT2D eigenvalue weighted by Gasteiger charge is 2.21. The summed E-state index contributed by atoms with van der Waals surface area (Å²) in [6.07, 6.45) is 0. The van der Waals surface area contributed by atoms with Gasteiger partial charge in [-0.15, -0.1) is 0 Å². The Balaban J connectivity index is 2.55. The highest BCUT2D eigenvalue weighted by molar-refractivity contribution is 8.00. The van der Waals surface area contributed by atoms with Crippen LogP contribution in [0.4, 0.5) is 17.5 Å². The Labute approximate surface area is 88.6 Å². The van der Waals surface area contributed by atoms with E-state index < -0.39 is 5.97 Å². The van der Waals surface area contributed by atoms with Crippen LogP contribution in [0, 0.1) is 0 Å². The van der Waals surface area contributed by atoms with Gasteiger partial charge >= 0.3 is 5.97 Å². The summed E-state index contributed by atoms with van der Waals surface area (Å²) in [6.45, 7) is 0. The lowest BCUT2D eigenvalue weighted by Crippen LogP contribution is -2.18. The Morgan fingerprint density at radius 1 is 1.40 bits per heavy atom. The second-order valence-corrected chi connectivity index (χ2v) is 3.74. The zero-order chi connectivity index (χ0) is 11.0. The molecule has 0 fully saturated rings. The van der Waals surface area contributed by atoms with E-state index in [0.29, 0.717) is 5.03 Å². The maximum atomic E-state index is 10.7. The van der Waals surface area contributed by atoms with E-state index in [1.54, 1.807) is 0 Å². The molecule has 0 saturated heterocycles. The van der Waals surface area contributed by atoms with E-state index >= 15 is 0 Å². The molecule has 15 heavy (non-hydrogen) atoms. The van der Waals surface area contributed by atoms with Crippen LogP contribution >= 0.6 is 11.8 Å². The van der Waals surface area contributed by atoms with Gasteiger partial charge in [0.1, 0.15) is 16.4 Å². The molecule has 2 rings (SSSR count). The topological polar surface area (TPSA) is 127 Å². The van der Waals surface area contributed by atoms with Crippen LogP contribution in [0.3, 0.4) is 0 Å². The normalized spacial score (nSPS) is 14.3. The molecular formula is C7H7N5O2S. The van der Waals surface area contributed by atoms with E-state index in [4.69, 9.17) is 16.6 Å². The first-order chi connectivity index (χ1) is 7.08. The van der Waals surface area contributed by atoms with Gasteiger partial charge in [0.15, 0.2) is 5.82 Å². The molecule has 0 unspecified atom stereocenters. The number of aromatic nitrogens is 2. The monoisotopic (exact) mass is 225 g/mol. The number of hydrogen-bond donors (Lipinski definition) is 3. The van der Waals surface area contributed by atoms with Gasteiger partial charge < -0.3 is 16.6 Å². The molecule has 7 nitrogen and oxygen atoms in total. The van der Waals surface area contributed by atoms with Gasteiger partial charge in [0.25, 0.3) is 0 Å². The van der Waals surface area contributed by atoms with E-state index in [1.807, 2.05) is 0 Å². The minimum Gasteiger partial charge on any atom is -0.477 e. The summed E-state index contributed by atoms with van der Waals surface area (Å²) in [5, 5.41) is 9.28. The fourth-order valence-corrected chi connectivity index (χ4v) is 1.99. The quantitative estimate of drug-likeness (QED) is 0.569. The second-order valence-electron chi connectivity index (χ2n) is 2.77. The molecule has 78 valence electrons. The number of fused-ring (bicyclic) bond motifs is 1. The summed E-state index contributed by atoms with van der Waals surface area (Å²) >= 11 is 1.23. The highest BCUT2D eigenvalue weighted by Crippen LogP contribution is 2.36. The lowest BCUT2D eigenvalue weighted by atomic mass is 10.4. The van der Waals surface area contributed by atoms with E-state index in [0.717, 1.165) is 0 Å². The number of hydrogen-bond acceptors (Lipinski definition) is 7. The second kappa shape index (κ2) is 3.39. The molecule has 0 atom stereocenters. The Hall–Kier alpha value is -1.83. The molecule has 5 N–H and O–H groups in total. The van der Waals surface area contributed by atoms with E-state index in [-0.39, 0.29) is 28.9 Å². The van der Waals surface area contributed by atoms with Gasteiger partial charge in [-0.25, -0.2) is 14.8 Å². The average Bonchev–Trinajstić information content (AvgIpc) is 2.16. The van der Waals surface area contributed by atoms with Crippen molar-refractivity contribution in [2.75, 3.05) is 17.2 Å². The van der Waals surface area contributed by atoms with Crippen LogP contribution in [-0.4, -0.2) is 32.5 Å². The minimum absolute atomic E-state index is 0.0348. The third-order valence-electron chi connectivity index (χ3n) is 1.74. The SMILES string of the molecule is Nc1nc(N)c2c(n1)SCC(C(=O)O)=N2. The molecular weight excluding hydrogens is 218 g/mol. The van der Waals surface area contributed by atoms with E-state index in [2.05, 4.69) is 15.0 Å². The van der Waals surface area contributed by atoms with Gasteiger partial charge in [-0.05, 0) is 0 Å². The lowest BCUT2D eigenvalue weighted by Gasteiger charge is -2.12. The number of carboxylic acids is 1. The van der Waals surface area contributed by atoms with E-state index in [1.165, 1.54) is 11.8 Å². The average molecular weight is 225 g/mol. The van der Waals surface area contributed by atoms with Gasteiger partial charge in [-0.3, -0.25) is 0 Å². The van der Waals surface area contributed by atoms with E-state index in [9.17, 15) is 4.79 Å². The number of carbonyl (C=O) groups is 1. The molecule has 0 aliphatic carbocycles. The van der Waals surface area contributed by atoms with Crippen LogP contribution < -0.4 is 11.5 Å². The van der Waals surface area contributed by atoms with Gasteiger partial charge in [0, 0.05) is 5.75 Å². The van der Waals surface area contributed by atoms with Crippen molar-refractivity contribution in [2.24, 2.45) is 4.99 Å². The Bertz CT molecular complexity index is 473. The zero-order valence-corrected chi connectivity index (χ0v) is 8.28. The molecule has 8 heteroatoms. The molecule has 2 heterocycles. The van der Waals surface area contributed by atoms with Crippen LogP contribution in [0.2, 0.25) is 0 Å². The molecule has 1 aliphatic heterocycles. The number of carboxylic acid groups (broad SMARTS) is 1. The predicted molar refractivity (Wildman–Crippen MR) is 56.3 cm³/mol. The van der Waals surface area contributed by atoms with Crippen LogP contribution in [-0.2, 0) is 4.79 Å². The molecule has 0 radical (unpaired) electrons. The molecule has 0 bridgehead atoms. The first-order valence-corrected chi connectivity index (χ1v) is 4.93. The molecule has 1 aromatic heterocycles. The Kier molecular flexibility index (Phi) is 2.19. The van der Waals surface area contributed by atoms with Crippen molar-refractivity contribution in [1.82, 2.24) is 9.97 Å². The number of rotatable bonds is 1. The number of nitrogens with zero attached hydrogens (tertiary/aromatic N) is 3. The summed E-state index contributed by atoms with van der Waals surface area (Å²) in [5.74, 6) is -0.654. The fraction of sp³-hybridized carbons (Fsp3) is 0.143. The van der Waals surface area contributed by atoms with Crippen molar-refractivity contribution >= 4 is 40.9 Å². The third-order valence-corrected chi connectivity index (χ3v) is 2.71. The number of aliphatic carboxylic acids is 1. The van der Waals surface area contributed by atoms with Gasteiger partial charge in [0.2, 0.25) is 5.95 Å². The summed E-state index contributed by atoms with van der Waals surface area (Å²) in [6, 6.07) is 0. The summed E-state index contributed by atoms with van der Waals surface area (Å²) in [5.41, 5.74) is 11.3. The molecule has 1 aromatic rings. The number of thioether (sulfide) groups is 1. The summed E-state index contributed by atoms with van der Waals surface area (Å²) in [7, 11) is 0. The molecule has 1 aliphatic rings. The Morgan fingerprint density at radius 3 is 2.80 bits per heavy atom. The lowest BCUT2D eigenvalue weighted by molar-refractivity contribution is -0.129. The molecule has 0 amide bonds. The van der Waals surface area contributed by atoms with Crippen molar-refractivity contribution in [3.8, 4) is 0 Å². The molecule has 0 saturated carbocycles. The van der Waals surface area contributed by atoms with Gasteiger partial charge in [0.05, 0.1) is 0 Å². The van der Waals surface area contributed by atoms with Gasteiger partial charge in [-0.1, -0.05) is 11.8 Å². The van der Waals surface area contributed by atoms with Crippen molar-refractivity contribution in [3.63, 3.8) is 0 Å². The zero-order valence-electron chi connectivity index (χ0n) is 7.47. The van der Waals surface area contributed by atoms with Crippen LogP contribution in [0.1, 0.15) is 0 Å². The predicted octanol–water partition coefficient (Wildman–Crippen LogP) is -0.0962. The van der Waals surface area contributed by atoms with Crippen molar-refractivity contribution < 1.29 is 9.90 Å². The summed E-state index contributed by atoms with van der Waals surface area (Å²) in [4.78, 5) is 22.2. The standard InChI is InChI=1S/C7H7N5O2S/c8-4-3-5(12-7(9)11-4)15-1-2(10-3)6(13)14/h1H2,(H,13,14)(H4,8,9,11,12). The van der Waals surface area contributed by atoms with Crippen molar-refractivity contribution in [3.05, 3.63) is 0 Å². The molecule has 0 spiro atoms. The molecule has 0 aromatic carbocycles. The number of anilines is 2. The minimum atomic E-state index is -1.07.